The maximum Gasteiger partial charge on any atom is 0.393 e. The third-order valence-corrected chi connectivity index (χ3v) is 6.20. The van der Waals surface area contributed by atoms with E-state index >= 15 is 0 Å². The highest BCUT2D eigenvalue weighted by Crippen LogP contribution is 2.53. The number of hydrogen-bond acceptors (Lipinski definition) is 4. The summed E-state index contributed by atoms with van der Waals surface area (Å²) in [7, 11) is 0. The molecule has 2 aromatic heterocycles. The first-order valence-electron chi connectivity index (χ1n) is 10.5. The van der Waals surface area contributed by atoms with E-state index in [0.29, 0.717) is 28.1 Å². The van der Waals surface area contributed by atoms with Crippen molar-refractivity contribution in [3.63, 3.8) is 0 Å². The maximum absolute atomic E-state index is 13.9. The molecule has 0 radical (unpaired) electrons. The molecule has 1 aliphatic rings. The summed E-state index contributed by atoms with van der Waals surface area (Å²) >= 11 is 0. The number of fused-ring (bicyclic) bond motifs is 1. The van der Waals surface area contributed by atoms with E-state index in [-0.39, 0.29) is 17.9 Å². The summed E-state index contributed by atoms with van der Waals surface area (Å²) in [5.74, 6) is 0.326. The van der Waals surface area contributed by atoms with E-state index in [0.717, 1.165) is 4.57 Å². The van der Waals surface area contributed by atoms with Crippen molar-refractivity contribution in [2.75, 3.05) is 5.32 Å². The summed E-state index contributed by atoms with van der Waals surface area (Å²) in [6.07, 6.45) is -6.51. The predicted molar refractivity (Wildman–Crippen MR) is 115 cm³/mol. The summed E-state index contributed by atoms with van der Waals surface area (Å²) in [6.45, 7) is 5.06. The molecule has 4 rings (SSSR count). The van der Waals surface area contributed by atoms with Gasteiger partial charge in [0, 0.05) is 18.3 Å². The molecule has 0 bridgehead atoms. The molecule has 1 fully saturated rings. The molecule has 0 aliphatic heterocycles. The molecule has 1 aliphatic carbocycles. The van der Waals surface area contributed by atoms with Crippen molar-refractivity contribution in [3.8, 4) is 0 Å². The average molecular weight is 466 g/mol. The first kappa shape index (κ1) is 23.1. The van der Waals surface area contributed by atoms with Crippen molar-refractivity contribution in [2.24, 2.45) is 5.92 Å². The fourth-order valence-electron chi connectivity index (χ4n) is 4.32. The zero-order valence-electron chi connectivity index (χ0n) is 18.3. The van der Waals surface area contributed by atoms with Crippen LogP contribution < -0.4 is 10.9 Å². The lowest BCUT2D eigenvalue weighted by molar-refractivity contribution is -0.127. The van der Waals surface area contributed by atoms with Gasteiger partial charge in [-0.2, -0.15) is 13.2 Å². The molecular weight excluding hydrogens is 443 g/mol. The average Bonchev–Trinajstić information content (AvgIpc) is 3.38. The number of rotatable bonds is 6. The molecule has 10 heteroatoms. The van der Waals surface area contributed by atoms with Crippen LogP contribution in [-0.2, 0) is 12.0 Å². The topological polar surface area (TPSA) is 59.8 Å². The lowest BCUT2D eigenvalue weighted by Crippen LogP contribution is -2.36. The van der Waals surface area contributed by atoms with Gasteiger partial charge in [0.25, 0.3) is 12.0 Å². The van der Waals surface area contributed by atoms with Gasteiger partial charge in [-0.05, 0) is 37.3 Å². The molecule has 3 aromatic rings. The van der Waals surface area contributed by atoms with Gasteiger partial charge in [-0.15, -0.1) is 0 Å². The summed E-state index contributed by atoms with van der Waals surface area (Å²) in [6, 6.07) is 6.90. The lowest BCUT2D eigenvalue weighted by atomic mass is 10.0. The Labute approximate surface area is 186 Å². The van der Waals surface area contributed by atoms with E-state index in [1.54, 1.807) is 32.9 Å². The smallest absolute Gasteiger partial charge is 0.363 e. The molecule has 1 N–H and O–H groups in total. The Bertz CT molecular complexity index is 1260. The molecule has 1 aromatic carbocycles. The van der Waals surface area contributed by atoms with E-state index in [9.17, 15) is 26.7 Å². The van der Waals surface area contributed by atoms with Gasteiger partial charge in [0.05, 0.1) is 17.3 Å². The second kappa shape index (κ2) is 8.07. The van der Waals surface area contributed by atoms with Gasteiger partial charge in [-0.25, -0.2) is 18.7 Å². The van der Waals surface area contributed by atoms with Crippen LogP contribution in [0.3, 0.4) is 0 Å². The van der Waals surface area contributed by atoms with E-state index in [2.05, 4.69) is 15.3 Å². The van der Waals surface area contributed by atoms with E-state index in [1.807, 2.05) is 0 Å². The molecular formula is C23H23F5N4O. The molecule has 176 valence electrons. The van der Waals surface area contributed by atoms with Crippen LogP contribution in [0.4, 0.5) is 27.8 Å². The number of pyridine rings is 1. The number of aromatic nitrogens is 3. The lowest BCUT2D eigenvalue weighted by Gasteiger charge is -2.21. The Balaban J connectivity index is 1.73. The molecule has 2 unspecified atom stereocenters. The second-order valence-corrected chi connectivity index (χ2v) is 8.70. The van der Waals surface area contributed by atoms with Gasteiger partial charge < -0.3 is 9.88 Å². The number of benzene rings is 1. The Morgan fingerprint density at radius 3 is 2.55 bits per heavy atom. The minimum Gasteiger partial charge on any atom is -0.363 e. The van der Waals surface area contributed by atoms with Crippen LogP contribution in [0.25, 0.3) is 10.9 Å². The minimum atomic E-state index is -4.32. The number of aryl methyl sites for hydroxylation is 1. The zero-order valence-corrected chi connectivity index (χ0v) is 18.3. The van der Waals surface area contributed by atoms with Crippen LogP contribution in [0.5, 0.6) is 0 Å². The first-order chi connectivity index (χ1) is 15.4. The normalized spacial score (nSPS) is 21.4. The Hall–Kier alpha value is -3.04. The van der Waals surface area contributed by atoms with E-state index < -0.39 is 36.2 Å². The third kappa shape index (κ3) is 4.43. The van der Waals surface area contributed by atoms with Crippen molar-refractivity contribution in [3.05, 3.63) is 63.8 Å². The number of anilines is 1. The highest BCUT2D eigenvalue weighted by atomic mass is 19.4. The van der Waals surface area contributed by atoms with Crippen LogP contribution in [0.2, 0.25) is 0 Å². The van der Waals surface area contributed by atoms with Crippen LogP contribution in [0.15, 0.2) is 41.3 Å². The molecule has 33 heavy (non-hydrogen) atoms. The van der Waals surface area contributed by atoms with Gasteiger partial charge >= 0.3 is 6.18 Å². The summed E-state index contributed by atoms with van der Waals surface area (Å²) in [5.41, 5.74) is -1.07. The zero-order chi connectivity index (χ0) is 24.1. The fourth-order valence-corrected chi connectivity index (χ4v) is 4.32. The molecule has 0 spiro atoms. The third-order valence-electron chi connectivity index (χ3n) is 6.20. The van der Waals surface area contributed by atoms with Crippen LogP contribution >= 0.6 is 0 Å². The SMILES string of the molecule is Cc1nc(N[C@H](C)c2cccc(CC(F)(F)F)c2)c2cn(C3(C(F)F)CC3C)c(=O)cc2n1. The second-order valence-electron chi connectivity index (χ2n) is 8.70. The number of hydrogen-bond donors (Lipinski definition) is 1. The standard InChI is InChI=1S/C23H23F5N4O/c1-12-9-22(12,21(24)25)32-11-17-18(8-19(32)33)30-14(3)31-20(17)29-13(2)16-6-4-5-15(7-16)10-23(26,27)28/h4-8,11-13,21H,9-10H2,1-3H3,(H,29,30,31)/t12?,13-,22?/m1/s1. The number of nitrogens with zero attached hydrogens (tertiary/aromatic N) is 3. The molecule has 1 saturated carbocycles. The summed E-state index contributed by atoms with van der Waals surface area (Å²) in [5, 5.41) is 3.54. The van der Waals surface area contributed by atoms with Gasteiger partial charge in [0.15, 0.2) is 0 Å². The van der Waals surface area contributed by atoms with Crippen molar-refractivity contribution >= 4 is 16.7 Å². The Morgan fingerprint density at radius 2 is 1.94 bits per heavy atom. The highest BCUT2D eigenvalue weighted by Gasteiger charge is 2.60. The molecule has 0 amide bonds. The summed E-state index contributed by atoms with van der Waals surface area (Å²) < 4.78 is 67.1. The fraction of sp³-hybridized carbons (Fsp3) is 0.435. The maximum atomic E-state index is 13.9. The summed E-state index contributed by atoms with van der Waals surface area (Å²) in [4.78, 5) is 21.3. The van der Waals surface area contributed by atoms with Gasteiger partial charge in [0.1, 0.15) is 17.2 Å². The van der Waals surface area contributed by atoms with Crippen molar-refractivity contribution in [2.45, 2.75) is 57.8 Å². The monoisotopic (exact) mass is 466 g/mol. The first-order valence-corrected chi connectivity index (χ1v) is 10.5. The van der Waals surface area contributed by atoms with Crippen LogP contribution in [0, 0.1) is 12.8 Å². The molecule has 0 saturated heterocycles. The van der Waals surface area contributed by atoms with Crippen molar-refractivity contribution < 1.29 is 22.0 Å². The molecule has 2 heterocycles. The van der Waals surface area contributed by atoms with E-state index in [4.69, 9.17) is 0 Å². The Kier molecular flexibility index (Phi) is 5.66. The number of nitrogens with one attached hydrogen (secondary N) is 1. The van der Waals surface area contributed by atoms with E-state index in [1.165, 1.54) is 24.4 Å². The van der Waals surface area contributed by atoms with Crippen LogP contribution in [-0.4, -0.2) is 27.1 Å². The molecule has 5 nitrogen and oxygen atoms in total. The largest absolute Gasteiger partial charge is 0.393 e. The van der Waals surface area contributed by atoms with Crippen LogP contribution in [0.1, 0.15) is 43.3 Å². The van der Waals surface area contributed by atoms with Crippen molar-refractivity contribution in [1.29, 1.82) is 0 Å². The van der Waals surface area contributed by atoms with Gasteiger partial charge in [-0.1, -0.05) is 31.2 Å². The minimum absolute atomic E-state index is 0.132. The molecule has 3 atom stereocenters. The predicted octanol–water partition coefficient (Wildman–Crippen LogP) is 5.38. The number of alkyl halides is 5. The Morgan fingerprint density at radius 1 is 1.24 bits per heavy atom. The number of halogens is 5. The van der Waals surface area contributed by atoms with Crippen molar-refractivity contribution in [1.82, 2.24) is 14.5 Å². The highest BCUT2D eigenvalue weighted by molar-refractivity contribution is 5.88. The van der Waals surface area contributed by atoms with Gasteiger partial charge in [0.2, 0.25) is 0 Å². The quantitative estimate of drug-likeness (QED) is 0.496. The van der Waals surface area contributed by atoms with Gasteiger partial charge in [-0.3, -0.25) is 4.79 Å².